The summed E-state index contributed by atoms with van der Waals surface area (Å²) in [6, 6.07) is 8.43. The zero-order chi connectivity index (χ0) is 12.5. The second-order valence-corrected chi connectivity index (χ2v) is 4.07. The Hall–Kier alpha value is -1.71. The van der Waals surface area contributed by atoms with Crippen molar-refractivity contribution in [2.75, 3.05) is 6.61 Å². The Labute approximate surface area is 98.6 Å². The van der Waals surface area contributed by atoms with Gasteiger partial charge in [0.25, 0.3) is 0 Å². The zero-order valence-electron chi connectivity index (χ0n) is 9.48. The van der Waals surface area contributed by atoms with Crippen LogP contribution in [0.5, 0.6) is 0 Å². The molecule has 1 aromatic carbocycles. The quantitative estimate of drug-likeness (QED) is 0.594. The summed E-state index contributed by atoms with van der Waals surface area (Å²) in [5.74, 6) is -2.14. The monoisotopic (exact) mass is 236 g/mol. The number of alkyl halides is 1. The van der Waals surface area contributed by atoms with Crippen molar-refractivity contribution < 1.29 is 18.7 Å². The number of rotatable bonds is 4. The van der Waals surface area contributed by atoms with Gasteiger partial charge in [-0.1, -0.05) is 30.3 Å². The summed E-state index contributed by atoms with van der Waals surface area (Å²) < 4.78 is 18.6. The van der Waals surface area contributed by atoms with Crippen LogP contribution < -0.4 is 0 Å². The Morgan fingerprint density at radius 2 is 2.06 bits per heavy atom. The highest BCUT2D eigenvalue weighted by atomic mass is 19.1. The minimum Gasteiger partial charge on any atom is -0.464 e. The normalized spacial score (nSPS) is 26.4. The van der Waals surface area contributed by atoms with Crippen molar-refractivity contribution in [3.05, 3.63) is 35.9 Å². The van der Waals surface area contributed by atoms with E-state index in [2.05, 4.69) is 4.74 Å². The lowest BCUT2D eigenvalue weighted by molar-refractivity contribution is -0.151. The highest BCUT2D eigenvalue weighted by Gasteiger charge is 2.66. The highest BCUT2D eigenvalue weighted by Crippen LogP contribution is 2.49. The predicted molar refractivity (Wildman–Crippen MR) is 59.4 cm³/mol. The largest absolute Gasteiger partial charge is 0.464 e. The van der Waals surface area contributed by atoms with Crippen molar-refractivity contribution in [2.45, 2.75) is 19.0 Å². The van der Waals surface area contributed by atoms with Crippen LogP contribution in [0.15, 0.2) is 30.3 Å². The molecular formula is C13H13FO3. The molecule has 1 aliphatic rings. The van der Waals surface area contributed by atoms with E-state index in [1.807, 2.05) is 0 Å². The number of ether oxygens (including phenoxy) is 1. The van der Waals surface area contributed by atoms with E-state index in [9.17, 15) is 14.0 Å². The van der Waals surface area contributed by atoms with Crippen molar-refractivity contribution in [1.29, 1.82) is 0 Å². The van der Waals surface area contributed by atoms with Gasteiger partial charge in [-0.3, -0.25) is 4.79 Å². The lowest BCUT2D eigenvalue weighted by Crippen LogP contribution is -2.25. The van der Waals surface area contributed by atoms with Gasteiger partial charge in [0.15, 0.2) is 5.78 Å². The number of ketones is 1. The molecule has 1 aliphatic carbocycles. The number of carbonyl (C=O) groups is 2. The maximum atomic E-state index is 14.0. The first-order valence-corrected chi connectivity index (χ1v) is 5.55. The van der Waals surface area contributed by atoms with Crippen molar-refractivity contribution in [3.63, 3.8) is 0 Å². The van der Waals surface area contributed by atoms with E-state index in [1.54, 1.807) is 37.3 Å². The summed E-state index contributed by atoms with van der Waals surface area (Å²) in [6.45, 7) is 1.73. The van der Waals surface area contributed by atoms with Crippen LogP contribution in [-0.4, -0.2) is 24.0 Å². The SMILES string of the molecule is CCOC(=O)[C@]1(F)C[C@H]1C(=O)c1ccccc1. The van der Waals surface area contributed by atoms with Crippen LogP contribution in [0.4, 0.5) is 4.39 Å². The molecule has 0 aromatic heterocycles. The Morgan fingerprint density at radius 1 is 1.41 bits per heavy atom. The number of benzene rings is 1. The minimum absolute atomic E-state index is 0.0699. The van der Waals surface area contributed by atoms with Crippen LogP contribution in [0.25, 0.3) is 0 Å². The molecule has 0 heterocycles. The van der Waals surface area contributed by atoms with Crippen LogP contribution >= 0.6 is 0 Å². The molecule has 0 saturated heterocycles. The van der Waals surface area contributed by atoms with Gasteiger partial charge in [0.05, 0.1) is 12.5 Å². The number of halogens is 1. The molecule has 0 aliphatic heterocycles. The number of Topliss-reactive ketones (excluding diaryl/α,β-unsaturated/α-hetero) is 1. The molecule has 2 atom stereocenters. The maximum absolute atomic E-state index is 14.0. The summed E-state index contributed by atoms with van der Waals surface area (Å²) in [5, 5.41) is 0. The van der Waals surface area contributed by atoms with E-state index in [0.717, 1.165) is 0 Å². The lowest BCUT2D eigenvalue weighted by Gasteiger charge is -2.06. The van der Waals surface area contributed by atoms with Crippen LogP contribution in [0.1, 0.15) is 23.7 Å². The molecule has 0 bridgehead atoms. The van der Waals surface area contributed by atoms with Crippen molar-refractivity contribution in [1.82, 2.24) is 0 Å². The second kappa shape index (κ2) is 4.28. The van der Waals surface area contributed by atoms with Gasteiger partial charge in [0.2, 0.25) is 5.67 Å². The molecule has 4 heteroatoms. The van der Waals surface area contributed by atoms with Crippen LogP contribution in [0.3, 0.4) is 0 Å². The van der Waals surface area contributed by atoms with E-state index in [-0.39, 0.29) is 18.8 Å². The summed E-state index contributed by atoms with van der Waals surface area (Å²) in [4.78, 5) is 23.2. The van der Waals surface area contributed by atoms with Crippen molar-refractivity contribution in [2.24, 2.45) is 5.92 Å². The van der Waals surface area contributed by atoms with Gasteiger partial charge in [0.1, 0.15) is 0 Å². The number of esters is 1. The summed E-state index contributed by atoms with van der Waals surface area (Å²) in [5.41, 5.74) is -1.68. The average Bonchev–Trinajstić information content (AvgIpc) is 3.04. The number of hydrogen-bond acceptors (Lipinski definition) is 3. The second-order valence-electron chi connectivity index (χ2n) is 4.07. The Bertz CT molecular complexity index is 443. The fourth-order valence-corrected chi connectivity index (χ4v) is 1.82. The van der Waals surface area contributed by atoms with Gasteiger partial charge in [0, 0.05) is 12.0 Å². The Balaban J connectivity index is 2.08. The first-order valence-electron chi connectivity index (χ1n) is 5.55. The summed E-state index contributed by atoms with van der Waals surface area (Å²) in [7, 11) is 0. The molecule has 0 spiro atoms. The first-order chi connectivity index (χ1) is 8.09. The van der Waals surface area contributed by atoms with E-state index < -0.39 is 17.6 Å². The smallest absolute Gasteiger partial charge is 0.344 e. The molecule has 0 amide bonds. The molecule has 1 fully saturated rings. The molecule has 1 saturated carbocycles. The van der Waals surface area contributed by atoms with Gasteiger partial charge in [-0.25, -0.2) is 9.18 Å². The van der Waals surface area contributed by atoms with E-state index >= 15 is 0 Å². The lowest BCUT2D eigenvalue weighted by atomic mass is 10.1. The molecule has 2 rings (SSSR count). The zero-order valence-corrected chi connectivity index (χ0v) is 9.48. The van der Waals surface area contributed by atoms with Gasteiger partial charge in [-0.2, -0.15) is 0 Å². The van der Waals surface area contributed by atoms with E-state index in [0.29, 0.717) is 5.56 Å². The number of carbonyl (C=O) groups excluding carboxylic acids is 2. The average molecular weight is 236 g/mol. The molecule has 0 radical (unpaired) electrons. The van der Waals surface area contributed by atoms with Crippen molar-refractivity contribution >= 4 is 11.8 Å². The van der Waals surface area contributed by atoms with Crippen LogP contribution in [0, 0.1) is 5.92 Å². The van der Waals surface area contributed by atoms with Gasteiger partial charge < -0.3 is 4.74 Å². The van der Waals surface area contributed by atoms with Gasteiger partial charge in [-0.15, -0.1) is 0 Å². The van der Waals surface area contributed by atoms with Gasteiger partial charge >= 0.3 is 5.97 Å². The molecular weight excluding hydrogens is 223 g/mol. The third-order valence-electron chi connectivity index (χ3n) is 2.88. The van der Waals surface area contributed by atoms with E-state index in [1.165, 1.54) is 0 Å². The molecule has 1 aromatic rings. The Morgan fingerprint density at radius 3 is 2.65 bits per heavy atom. The van der Waals surface area contributed by atoms with Gasteiger partial charge in [-0.05, 0) is 6.92 Å². The minimum atomic E-state index is -2.11. The third-order valence-corrected chi connectivity index (χ3v) is 2.88. The van der Waals surface area contributed by atoms with Crippen LogP contribution in [0.2, 0.25) is 0 Å². The maximum Gasteiger partial charge on any atom is 0.344 e. The van der Waals surface area contributed by atoms with Crippen molar-refractivity contribution in [3.8, 4) is 0 Å². The fourth-order valence-electron chi connectivity index (χ4n) is 1.82. The fraction of sp³-hybridized carbons (Fsp3) is 0.385. The molecule has 90 valence electrons. The Kier molecular flexibility index (Phi) is 2.96. The predicted octanol–water partition coefficient (Wildman–Crippen LogP) is 2.16. The highest BCUT2D eigenvalue weighted by molar-refractivity contribution is 6.05. The molecule has 0 N–H and O–H groups in total. The summed E-state index contributed by atoms with van der Waals surface area (Å²) >= 11 is 0. The summed E-state index contributed by atoms with van der Waals surface area (Å²) in [6.07, 6.45) is -0.0699. The standard InChI is InChI=1S/C13H13FO3/c1-2-17-12(16)13(14)8-10(13)11(15)9-6-4-3-5-7-9/h3-7,10H,2,8H2,1H3/t10-,13-/m0/s1. The van der Waals surface area contributed by atoms with E-state index in [4.69, 9.17) is 0 Å². The first kappa shape index (κ1) is 11.8. The topological polar surface area (TPSA) is 43.4 Å². The molecule has 3 nitrogen and oxygen atoms in total. The van der Waals surface area contributed by atoms with Crippen LogP contribution in [-0.2, 0) is 9.53 Å². The third kappa shape index (κ3) is 2.07. The molecule has 0 unspecified atom stereocenters. The number of hydrogen-bond donors (Lipinski definition) is 0. The molecule has 17 heavy (non-hydrogen) atoms.